The largest absolute Gasteiger partial charge is 0.285 e. The van der Waals surface area contributed by atoms with E-state index in [1.54, 1.807) is 24.4 Å². The van der Waals surface area contributed by atoms with E-state index in [9.17, 15) is 9.59 Å². The molecule has 0 saturated heterocycles. The van der Waals surface area contributed by atoms with Crippen LogP contribution in [0.25, 0.3) is 22.3 Å². The number of Topliss-reactive ketones (excluding diaryl/α,β-unsaturated/α-hetero) is 2. The molecule has 2 aromatic heterocycles. The summed E-state index contributed by atoms with van der Waals surface area (Å²) in [6, 6.07) is 10.8. The molecule has 0 spiro atoms. The second kappa shape index (κ2) is 4.06. The number of hydrogen-bond acceptors (Lipinski definition) is 4. The van der Waals surface area contributed by atoms with Crippen molar-refractivity contribution >= 4 is 22.5 Å². The van der Waals surface area contributed by atoms with Gasteiger partial charge in [0.25, 0.3) is 0 Å². The van der Waals surface area contributed by atoms with Crippen LogP contribution in [0.5, 0.6) is 0 Å². The Kier molecular flexibility index (Phi) is 2.30. The Morgan fingerprint density at radius 3 is 2.57 bits per heavy atom. The van der Waals surface area contributed by atoms with Gasteiger partial charge in [-0.05, 0) is 36.8 Å². The molecule has 1 aliphatic rings. The Morgan fingerprint density at radius 1 is 0.905 bits per heavy atom. The number of carbonyl (C=O) groups excluding carboxylic acids is 2. The lowest BCUT2D eigenvalue weighted by Crippen LogP contribution is -2.22. The zero-order chi connectivity index (χ0) is 14.6. The first-order valence-corrected chi connectivity index (χ1v) is 6.61. The van der Waals surface area contributed by atoms with E-state index in [1.165, 1.54) is 0 Å². The van der Waals surface area contributed by atoms with Gasteiger partial charge in [-0.3, -0.25) is 14.6 Å². The molecular weight excluding hydrogens is 264 g/mol. The first-order chi connectivity index (χ1) is 10.2. The van der Waals surface area contributed by atoms with Gasteiger partial charge in [-0.1, -0.05) is 12.1 Å². The van der Waals surface area contributed by atoms with E-state index in [2.05, 4.69) is 9.97 Å². The van der Waals surface area contributed by atoms with Gasteiger partial charge in [-0.2, -0.15) is 0 Å². The van der Waals surface area contributed by atoms with Gasteiger partial charge in [0, 0.05) is 11.6 Å². The molecule has 4 heteroatoms. The van der Waals surface area contributed by atoms with Crippen molar-refractivity contribution < 1.29 is 9.59 Å². The molecule has 3 aromatic rings. The number of pyridine rings is 2. The van der Waals surface area contributed by atoms with E-state index in [0.717, 1.165) is 16.5 Å². The summed E-state index contributed by atoms with van der Waals surface area (Å²) < 4.78 is 0. The molecule has 0 fully saturated rings. The molecule has 0 unspecified atom stereocenters. The number of nitrogens with zero attached hydrogens (tertiary/aromatic N) is 2. The molecule has 0 amide bonds. The second-order valence-electron chi connectivity index (χ2n) is 5.08. The first-order valence-electron chi connectivity index (χ1n) is 6.61. The van der Waals surface area contributed by atoms with E-state index >= 15 is 0 Å². The van der Waals surface area contributed by atoms with Crippen LogP contribution >= 0.6 is 0 Å². The predicted molar refractivity (Wildman–Crippen MR) is 78.4 cm³/mol. The van der Waals surface area contributed by atoms with Crippen molar-refractivity contribution in [2.24, 2.45) is 0 Å². The predicted octanol–water partition coefficient (Wildman–Crippen LogP) is 2.98. The van der Waals surface area contributed by atoms with Crippen LogP contribution in [0.1, 0.15) is 26.3 Å². The van der Waals surface area contributed by atoms with Crippen molar-refractivity contribution in [1.82, 2.24) is 9.97 Å². The van der Waals surface area contributed by atoms with Crippen molar-refractivity contribution in [1.29, 1.82) is 0 Å². The molecule has 2 heterocycles. The van der Waals surface area contributed by atoms with Gasteiger partial charge in [0.1, 0.15) is 11.4 Å². The summed E-state index contributed by atoms with van der Waals surface area (Å²) in [5, 5.41) is 0.886. The third kappa shape index (κ3) is 1.56. The summed E-state index contributed by atoms with van der Waals surface area (Å²) in [5.41, 5.74) is 3.47. The van der Waals surface area contributed by atoms with E-state index in [1.807, 2.05) is 25.1 Å². The van der Waals surface area contributed by atoms with Crippen LogP contribution in [0.3, 0.4) is 0 Å². The summed E-state index contributed by atoms with van der Waals surface area (Å²) in [5.74, 6) is -1.02. The fraction of sp³-hybridized carbons (Fsp3) is 0.0588. The van der Waals surface area contributed by atoms with E-state index in [4.69, 9.17) is 0 Å². The van der Waals surface area contributed by atoms with Crippen molar-refractivity contribution in [2.75, 3.05) is 0 Å². The van der Waals surface area contributed by atoms with Crippen molar-refractivity contribution in [3.63, 3.8) is 0 Å². The minimum atomic E-state index is -0.514. The number of ketones is 2. The summed E-state index contributed by atoms with van der Waals surface area (Å²) in [6.45, 7) is 1.96. The molecule has 4 nitrogen and oxygen atoms in total. The van der Waals surface area contributed by atoms with Crippen molar-refractivity contribution in [2.45, 2.75) is 6.92 Å². The van der Waals surface area contributed by atoms with Crippen molar-refractivity contribution in [3.05, 3.63) is 59.3 Å². The molecule has 0 N–H and O–H groups in total. The molecule has 0 bridgehead atoms. The fourth-order valence-electron chi connectivity index (χ4n) is 2.72. The topological polar surface area (TPSA) is 59.9 Å². The Morgan fingerprint density at radius 2 is 1.71 bits per heavy atom. The Bertz CT molecular complexity index is 945. The number of fused-ring (bicyclic) bond motifs is 4. The average Bonchev–Trinajstić information content (AvgIpc) is 2.52. The average molecular weight is 274 g/mol. The van der Waals surface area contributed by atoms with Gasteiger partial charge in [0.05, 0.1) is 16.6 Å². The molecular formula is C17H10N2O2. The number of benzene rings is 1. The van der Waals surface area contributed by atoms with Crippen LogP contribution in [0, 0.1) is 6.92 Å². The highest BCUT2D eigenvalue weighted by molar-refractivity contribution is 6.52. The van der Waals surface area contributed by atoms with Crippen LogP contribution in [-0.4, -0.2) is 21.5 Å². The quantitative estimate of drug-likeness (QED) is 0.591. The Labute approximate surface area is 120 Å². The highest BCUT2D eigenvalue weighted by Gasteiger charge is 2.32. The lowest BCUT2D eigenvalue weighted by atomic mass is 9.89. The van der Waals surface area contributed by atoms with Crippen LogP contribution in [-0.2, 0) is 0 Å². The molecule has 1 aliphatic carbocycles. The number of rotatable bonds is 0. The smallest absolute Gasteiger partial charge is 0.235 e. The number of hydrogen-bond donors (Lipinski definition) is 0. The zero-order valence-corrected chi connectivity index (χ0v) is 11.3. The van der Waals surface area contributed by atoms with E-state index in [-0.39, 0.29) is 0 Å². The fourth-order valence-corrected chi connectivity index (χ4v) is 2.72. The Balaban J connectivity index is 2.15. The summed E-state index contributed by atoms with van der Waals surface area (Å²) in [4.78, 5) is 33.3. The minimum absolute atomic E-state index is 0.328. The summed E-state index contributed by atoms with van der Waals surface area (Å²) in [6.07, 6.45) is 1.60. The maximum absolute atomic E-state index is 12.3. The van der Waals surface area contributed by atoms with Crippen LogP contribution in [0.2, 0.25) is 0 Å². The third-order valence-corrected chi connectivity index (χ3v) is 3.80. The number of carbonyl (C=O) groups is 2. The number of aromatic nitrogens is 2. The number of aryl methyl sites for hydroxylation is 1. The van der Waals surface area contributed by atoms with E-state index in [0.29, 0.717) is 22.5 Å². The van der Waals surface area contributed by atoms with Crippen LogP contribution in [0.15, 0.2) is 42.6 Å². The lowest BCUT2D eigenvalue weighted by molar-refractivity contribution is 0.0815. The van der Waals surface area contributed by atoms with Gasteiger partial charge in [-0.25, -0.2) is 4.98 Å². The minimum Gasteiger partial charge on any atom is -0.285 e. The molecule has 21 heavy (non-hydrogen) atoms. The summed E-state index contributed by atoms with van der Waals surface area (Å²) in [7, 11) is 0. The van der Waals surface area contributed by atoms with Gasteiger partial charge >= 0.3 is 0 Å². The molecule has 4 rings (SSSR count). The second-order valence-corrected chi connectivity index (χ2v) is 5.08. The lowest BCUT2D eigenvalue weighted by Gasteiger charge is -2.16. The standard InChI is InChI=1S/C17H10N2O2/c1-9-4-2-6-13-11(9)8-12-15(19-13)14-10(5-3-7-18-14)16(20)17(12)21/h2-8H,1H3. The summed E-state index contributed by atoms with van der Waals surface area (Å²) >= 11 is 0. The highest BCUT2D eigenvalue weighted by Crippen LogP contribution is 2.32. The highest BCUT2D eigenvalue weighted by atomic mass is 16.2. The molecule has 0 radical (unpaired) electrons. The van der Waals surface area contributed by atoms with Gasteiger partial charge in [0.2, 0.25) is 11.6 Å². The van der Waals surface area contributed by atoms with Crippen molar-refractivity contribution in [3.8, 4) is 11.4 Å². The van der Waals surface area contributed by atoms with Crippen LogP contribution < -0.4 is 0 Å². The van der Waals surface area contributed by atoms with E-state index < -0.39 is 11.6 Å². The Hall–Kier alpha value is -2.88. The normalized spacial score (nSPS) is 13.2. The van der Waals surface area contributed by atoms with Gasteiger partial charge in [0.15, 0.2) is 0 Å². The maximum Gasteiger partial charge on any atom is 0.235 e. The molecule has 0 saturated carbocycles. The van der Waals surface area contributed by atoms with Crippen LogP contribution in [0.4, 0.5) is 0 Å². The van der Waals surface area contributed by atoms with Gasteiger partial charge in [-0.15, -0.1) is 0 Å². The third-order valence-electron chi connectivity index (χ3n) is 3.80. The molecule has 0 atom stereocenters. The SMILES string of the molecule is Cc1cccc2nc3c(cc12)C(=O)C(=O)c1cccnc1-3. The molecule has 1 aromatic carbocycles. The first kappa shape index (κ1) is 11.9. The monoisotopic (exact) mass is 274 g/mol. The zero-order valence-electron chi connectivity index (χ0n) is 11.3. The molecule has 0 aliphatic heterocycles. The maximum atomic E-state index is 12.3. The van der Waals surface area contributed by atoms with Gasteiger partial charge < -0.3 is 0 Å². The molecule has 100 valence electrons.